The van der Waals surface area contributed by atoms with Crippen LogP contribution in [0, 0.1) is 0 Å². The van der Waals surface area contributed by atoms with Gasteiger partial charge in [0.25, 0.3) is 5.91 Å². The second-order valence-corrected chi connectivity index (χ2v) is 6.31. The molecule has 1 amide bonds. The zero-order valence-electron chi connectivity index (χ0n) is 14.3. The summed E-state index contributed by atoms with van der Waals surface area (Å²) in [5, 5.41) is 0.975. The lowest BCUT2D eigenvalue weighted by Gasteiger charge is -2.24. The van der Waals surface area contributed by atoms with Gasteiger partial charge in [-0.1, -0.05) is 29.3 Å². The molecule has 4 nitrogen and oxygen atoms in total. The van der Waals surface area contributed by atoms with Crippen molar-refractivity contribution in [3.05, 3.63) is 58.2 Å². The highest BCUT2D eigenvalue weighted by molar-refractivity contribution is 6.30. The molecule has 0 saturated carbocycles. The second-order valence-electron chi connectivity index (χ2n) is 5.49. The number of anilines is 1. The minimum absolute atomic E-state index is 0. The summed E-state index contributed by atoms with van der Waals surface area (Å²) in [4.78, 5) is 20.4. The third-order valence-corrected chi connectivity index (χ3v) is 4.46. The van der Waals surface area contributed by atoms with Crippen LogP contribution >= 0.6 is 23.2 Å². The van der Waals surface area contributed by atoms with Gasteiger partial charge in [-0.25, -0.2) is 4.98 Å². The minimum atomic E-state index is -0.104. The lowest BCUT2D eigenvalue weighted by molar-refractivity contribution is -0.894. The fourth-order valence-corrected chi connectivity index (χ4v) is 2.78. The molecule has 1 heterocycles. The van der Waals surface area contributed by atoms with E-state index in [2.05, 4.69) is 18.8 Å². The van der Waals surface area contributed by atoms with E-state index in [1.54, 1.807) is 47.4 Å². The Labute approximate surface area is 165 Å². The molecule has 0 aliphatic rings. The SMILES string of the molecule is CC[NH+](CC)CCN(C(=O)c1ccc(Cl)cc1)c1cccc(Cl)n1.[Cl-]. The Morgan fingerprint density at radius 1 is 1.08 bits per heavy atom. The van der Waals surface area contributed by atoms with Gasteiger partial charge in [0.1, 0.15) is 11.0 Å². The number of hydrogen-bond donors (Lipinski definition) is 1. The molecule has 0 spiro atoms. The molecular formula is C18H22Cl3N3O. The van der Waals surface area contributed by atoms with Gasteiger partial charge in [-0.05, 0) is 50.2 Å². The van der Waals surface area contributed by atoms with Crippen LogP contribution in [0.25, 0.3) is 0 Å². The first kappa shape index (κ1) is 21.7. The molecule has 136 valence electrons. The van der Waals surface area contributed by atoms with Gasteiger partial charge < -0.3 is 17.3 Å². The van der Waals surface area contributed by atoms with Crippen LogP contribution in [0.1, 0.15) is 24.2 Å². The summed E-state index contributed by atoms with van der Waals surface area (Å²) < 4.78 is 0. The number of rotatable bonds is 7. The highest BCUT2D eigenvalue weighted by Gasteiger charge is 2.20. The average molecular weight is 403 g/mol. The van der Waals surface area contributed by atoms with Crippen molar-refractivity contribution in [2.24, 2.45) is 0 Å². The third kappa shape index (κ3) is 6.15. The van der Waals surface area contributed by atoms with Gasteiger partial charge in [0.05, 0.1) is 26.2 Å². The molecule has 0 radical (unpaired) electrons. The van der Waals surface area contributed by atoms with Crippen LogP contribution in [0.2, 0.25) is 10.2 Å². The van der Waals surface area contributed by atoms with E-state index in [-0.39, 0.29) is 18.3 Å². The molecule has 0 aliphatic heterocycles. The van der Waals surface area contributed by atoms with E-state index in [0.29, 0.717) is 28.1 Å². The Morgan fingerprint density at radius 2 is 1.72 bits per heavy atom. The Hall–Kier alpha value is -1.33. The highest BCUT2D eigenvalue weighted by Crippen LogP contribution is 2.18. The molecule has 1 N–H and O–H groups in total. The van der Waals surface area contributed by atoms with Crippen LogP contribution in [0.5, 0.6) is 0 Å². The number of amides is 1. The van der Waals surface area contributed by atoms with Gasteiger partial charge in [0, 0.05) is 10.6 Å². The van der Waals surface area contributed by atoms with E-state index < -0.39 is 0 Å². The summed E-state index contributed by atoms with van der Waals surface area (Å²) in [6.45, 7) is 7.74. The molecule has 2 aromatic rings. The van der Waals surface area contributed by atoms with E-state index in [1.165, 1.54) is 4.90 Å². The number of hydrogen-bond acceptors (Lipinski definition) is 2. The number of aromatic nitrogens is 1. The number of carbonyl (C=O) groups is 1. The molecule has 0 saturated heterocycles. The highest BCUT2D eigenvalue weighted by atomic mass is 35.5. The van der Waals surface area contributed by atoms with Crippen molar-refractivity contribution < 1.29 is 22.1 Å². The molecule has 7 heteroatoms. The summed E-state index contributed by atoms with van der Waals surface area (Å²) >= 11 is 11.9. The van der Waals surface area contributed by atoms with Crippen LogP contribution in [-0.4, -0.2) is 37.1 Å². The summed E-state index contributed by atoms with van der Waals surface area (Å²) in [5.41, 5.74) is 0.579. The number of quaternary nitrogens is 1. The molecule has 0 aliphatic carbocycles. The molecule has 25 heavy (non-hydrogen) atoms. The summed E-state index contributed by atoms with van der Waals surface area (Å²) in [7, 11) is 0. The van der Waals surface area contributed by atoms with Crippen molar-refractivity contribution >= 4 is 34.9 Å². The predicted octanol–water partition coefficient (Wildman–Crippen LogP) is -0.0361. The molecule has 1 aromatic heterocycles. The van der Waals surface area contributed by atoms with Crippen LogP contribution in [0.15, 0.2) is 42.5 Å². The monoisotopic (exact) mass is 401 g/mol. The lowest BCUT2D eigenvalue weighted by atomic mass is 10.2. The lowest BCUT2D eigenvalue weighted by Crippen LogP contribution is -3.12. The van der Waals surface area contributed by atoms with Gasteiger partial charge in [-0.15, -0.1) is 0 Å². The topological polar surface area (TPSA) is 37.6 Å². The van der Waals surface area contributed by atoms with E-state index in [4.69, 9.17) is 23.2 Å². The van der Waals surface area contributed by atoms with E-state index in [9.17, 15) is 4.79 Å². The van der Waals surface area contributed by atoms with Gasteiger partial charge >= 0.3 is 0 Å². The maximum absolute atomic E-state index is 12.9. The fourth-order valence-electron chi connectivity index (χ4n) is 2.49. The van der Waals surface area contributed by atoms with Gasteiger partial charge in [-0.2, -0.15) is 0 Å². The molecule has 2 rings (SSSR count). The zero-order valence-corrected chi connectivity index (χ0v) is 16.6. The molecule has 0 atom stereocenters. The second kappa shape index (κ2) is 10.6. The standard InChI is InChI=1S/C18H21Cl2N3O.ClH/c1-3-22(4-2)12-13-23(17-7-5-6-16(20)21-17)18(24)14-8-10-15(19)11-9-14;/h5-11H,3-4,12-13H2,1-2H3;1H. The number of nitrogens with one attached hydrogen (secondary N) is 1. The predicted molar refractivity (Wildman–Crippen MR) is 99.3 cm³/mol. The first-order chi connectivity index (χ1) is 11.5. The van der Waals surface area contributed by atoms with Gasteiger partial charge in [-0.3, -0.25) is 9.69 Å². The Morgan fingerprint density at radius 3 is 2.28 bits per heavy atom. The number of benzene rings is 1. The molecule has 0 fully saturated rings. The maximum atomic E-state index is 12.9. The third-order valence-electron chi connectivity index (χ3n) is 4.00. The van der Waals surface area contributed by atoms with Crippen molar-refractivity contribution in [1.82, 2.24) is 4.98 Å². The largest absolute Gasteiger partial charge is 1.00 e. The van der Waals surface area contributed by atoms with Crippen LogP contribution in [0.3, 0.4) is 0 Å². The molecular weight excluding hydrogens is 381 g/mol. The maximum Gasteiger partial charge on any atom is 0.259 e. The average Bonchev–Trinajstić information content (AvgIpc) is 2.59. The first-order valence-corrected chi connectivity index (χ1v) is 8.84. The zero-order chi connectivity index (χ0) is 17.5. The van der Waals surface area contributed by atoms with E-state index in [1.807, 2.05) is 0 Å². The normalized spacial score (nSPS) is 10.4. The van der Waals surface area contributed by atoms with E-state index in [0.717, 1.165) is 19.6 Å². The minimum Gasteiger partial charge on any atom is -1.00 e. The number of halogens is 3. The van der Waals surface area contributed by atoms with Crippen molar-refractivity contribution in [3.63, 3.8) is 0 Å². The Bertz CT molecular complexity index is 676. The Balaban J connectivity index is 0.00000312. The number of nitrogens with zero attached hydrogens (tertiary/aromatic N) is 2. The van der Waals surface area contributed by atoms with E-state index >= 15 is 0 Å². The van der Waals surface area contributed by atoms with Crippen molar-refractivity contribution in [2.75, 3.05) is 31.1 Å². The molecule has 0 unspecified atom stereocenters. The number of carbonyl (C=O) groups excluding carboxylic acids is 1. The first-order valence-electron chi connectivity index (χ1n) is 8.08. The van der Waals surface area contributed by atoms with Gasteiger partial charge in [0.15, 0.2) is 0 Å². The quantitative estimate of drug-likeness (QED) is 0.660. The summed E-state index contributed by atoms with van der Waals surface area (Å²) in [5.74, 6) is 0.460. The van der Waals surface area contributed by atoms with Gasteiger partial charge in [0.2, 0.25) is 0 Å². The van der Waals surface area contributed by atoms with Crippen molar-refractivity contribution in [3.8, 4) is 0 Å². The van der Waals surface area contributed by atoms with Crippen molar-refractivity contribution in [1.29, 1.82) is 0 Å². The number of pyridine rings is 1. The summed E-state index contributed by atoms with van der Waals surface area (Å²) in [6, 6.07) is 12.2. The van der Waals surface area contributed by atoms with Crippen LogP contribution in [0.4, 0.5) is 5.82 Å². The number of likely N-dealkylation sites (N-methyl/N-ethyl adjacent to an activating group) is 1. The Kier molecular flexibility index (Phi) is 9.22. The smallest absolute Gasteiger partial charge is 0.259 e. The molecule has 0 bridgehead atoms. The summed E-state index contributed by atoms with van der Waals surface area (Å²) in [6.07, 6.45) is 0. The van der Waals surface area contributed by atoms with Crippen molar-refractivity contribution in [2.45, 2.75) is 13.8 Å². The fraction of sp³-hybridized carbons (Fsp3) is 0.333. The molecule has 1 aromatic carbocycles. The van der Waals surface area contributed by atoms with Crippen LogP contribution < -0.4 is 22.2 Å². The van der Waals surface area contributed by atoms with Crippen LogP contribution in [-0.2, 0) is 0 Å².